The molecule has 1 aromatic carbocycles. The highest BCUT2D eigenvalue weighted by atomic mass is 16.3. The van der Waals surface area contributed by atoms with Crippen LogP contribution in [-0.4, -0.2) is 36.0 Å². The van der Waals surface area contributed by atoms with Crippen LogP contribution in [0.5, 0.6) is 0 Å². The highest BCUT2D eigenvalue weighted by Crippen LogP contribution is 2.14. The van der Waals surface area contributed by atoms with Crippen molar-refractivity contribution in [2.45, 2.75) is 32.4 Å². The number of likely N-dealkylation sites (tertiary alicyclic amines) is 1. The SMILES string of the molecule is Cc1ccccc1CNC(=O)NC1CCN(C(=O)c2ccoc2)CC1. The molecule has 0 radical (unpaired) electrons. The van der Waals surface area contributed by atoms with Crippen LogP contribution in [0.4, 0.5) is 4.79 Å². The number of rotatable bonds is 4. The van der Waals surface area contributed by atoms with E-state index in [2.05, 4.69) is 10.6 Å². The Kier molecular flexibility index (Phi) is 5.38. The summed E-state index contributed by atoms with van der Waals surface area (Å²) in [6.07, 6.45) is 4.47. The van der Waals surface area contributed by atoms with E-state index in [1.165, 1.54) is 12.5 Å². The lowest BCUT2D eigenvalue weighted by molar-refractivity contribution is 0.0707. The Balaban J connectivity index is 1.42. The number of nitrogens with one attached hydrogen (secondary N) is 2. The Hall–Kier alpha value is -2.76. The lowest BCUT2D eigenvalue weighted by Gasteiger charge is -2.32. The number of carbonyl (C=O) groups excluding carboxylic acids is 2. The second kappa shape index (κ2) is 7.88. The number of hydrogen-bond donors (Lipinski definition) is 2. The second-order valence-electron chi connectivity index (χ2n) is 6.33. The molecule has 3 rings (SSSR count). The van der Waals surface area contributed by atoms with E-state index in [1.807, 2.05) is 31.2 Å². The summed E-state index contributed by atoms with van der Waals surface area (Å²) in [6.45, 7) is 3.80. The fraction of sp³-hybridized carbons (Fsp3) is 0.368. The summed E-state index contributed by atoms with van der Waals surface area (Å²) in [5.74, 6) is -0.0174. The molecule has 2 N–H and O–H groups in total. The zero-order valence-electron chi connectivity index (χ0n) is 14.3. The van der Waals surface area contributed by atoms with Crippen LogP contribution in [0.3, 0.4) is 0 Å². The molecule has 0 unspecified atom stereocenters. The van der Waals surface area contributed by atoms with E-state index >= 15 is 0 Å². The molecule has 25 heavy (non-hydrogen) atoms. The van der Waals surface area contributed by atoms with Gasteiger partial charge < -0.3 is 20.0 Å². The molecule has 0 aliphatic carbocycles. The molecular formula is C19H23N3O3. The molecule has 1 aromatic heterocycles. The Bertz CT molecular complexity index is 719. The van der Waals surface area contributed by atoms with Crippen LogP contribution in [0.2, 0.25) is 0 Å². The fourth-order valence-electron chi connectivity index (χ4n) is 3.02. The molecule has 1 aliphatic rings. The van der Waals surface area contributed by atoms with Gasteiger partial charge in [-0.3, -0.25) is 4.79 Å². The molecule has 132 valence electrons. The van der Waals surface area contributed by atoms with Crippen LogP contribution in [0.1, 0.15) is 34.3 Å². The quantitative estimate of drug-likeness (QED) is 0.898. The van der Waals surface area contributed by atoms with Crippen molar-refractivity contribution in [2.24, 2.45) is 0 Å². The summed E-state index contributed by atoms with van der Waals surface area (Å²) in [4.78, 5) is 26.1. The molecule has 2 heterocycles. The number of urea groups is 1. The molecule has 0 atom stereocenters. The Morgan fingerprint density at radius 3 is 2.64 bits per heavy atom. The van der Waals surface area contributed by atoms with Gasteiger partial charge in [0.2, 0.25) is 0 Å². The van der Waals surface area contributed by atoms with Gasteiger partial charge in [0.05, 0.1) is 11.8 Å². The van der Waals surface area contributed by atoms with Crippen molar-refractivity contribution >= 4 is 11.9 Å². The van der Waals surface area contributed by atoms with E-state index in [1.54, 1.807) is 11.0 Å². The largest absolute Gasteiger partial charge is 0.472 e. The van der Waals surface area contributed by atoms with Crippen molar-refractivity contribution in [1.29, 1.82) is 0 Å². The summed E-state index contributed by atoms with van der Waals surface area (Å²) in [7, 11) is 0. The standard InChI is InChI=1S/C19H23N3O3/c1-14-4-2-3-5-15(14)12-20-19(24)21-17-6-9-22(10-7-17)18(23)16-8-11-25-13-16/h2-5,8,11,13,17H,6-7,9-10,12H2,1H3,(H2,20,21,24). The van der Waals surface area contributed by atoms with Crippen molar-refractivity contribution in [3.8, 4) is 0 Å². The topological polar surface area (TPSA) is 74.6 Å². The first kappa shape index (κ1) is 17.1. The predicted octanol–water partition coefficient (Wildman–Crippen LogP) is 2.69. The first-order chi connectivity index (χ1) is 12.1. The molecular weight excluding hydrogens is 318 g/mol. The van der Waals surface area contributed by atoms with Crippen LogP contribution >= 0.6 is 0 Å². The smallest absolute Gasteiger partial charge is 0.315 e. The minimum absolute atomic E-state index is 0.0174. The molecule has 2 aromatic rings. The highest BCUT2D eigenvalue weighted by molar-refractivity contribution is 5.93. The van der Waals surface area contributed by atoms with Crippen molar-refractivity contribution < 1.29 is 14.0 Å². The fourth-order valence-corrected chi connectivity index (χ4v) is 3.02. The van der Waals surface area contributed by atoms with Crippen LogP contribution in [0, 0.1) is 6.92 Å². The van der Waals surface area contributed by atoms with Crippen LogP contribution in [0.25, 0.3) is 0 Å². The average molecular weight is 341 g/mol. The average Bonchev–Trinajstić information content (AvgIpc) is 3.16. The summed E-state index contributed by atoms with van der Waals surface area (Å²) < 4.78 is 4.96. The molecule has 1 saturated heterocycles. The summed E-state index contributed by atoms with van der Waals surface area (Å²) in [5.41, 5.74) is 2.84. The number of hydrogen-bond acceptors (Lipinski definition) is 3. The lowest BCUT2D eigenvalue weighted by Crippen LogP contribution is -2.49. The number of amides is 3. The van der Waals surface area contributed by atoms with Crippen molar-refractivity contribution in [3.63, 3.8) is 0 Å². The van der Waals surface area contributed by atoms with Crippen molar-refractivity contribution in [2.75, 3.05) is 13.1 Å². The Morgan fingerprint density at radius 1 is 1.20 bits per heavy atom. The molecule has 0 saturated carbocycles. The number of benzene rings is 1. The van der Waals surface area contributed by atoms with Gasteiger partial charge in [-0.2, -0.15) is 0 Å². The van der Waals surface area contributed by atoms with Gasteiger partial charge in [0.25, 0.3) is 5.91 Å². The van der Waals surface area contributed by atoms with Gasteiger partial charge >= 0.3 is 6.03 Å². The molecule has 1 aliphatic heterocycles. The zero-order valence-corrected chi connectivity index (χ0v) is 14.3. The maximum Gasteiger partial charge on any atom is 0.315 e. The Labute approximate surface area is 147 Å². The third kappa shape index (κ3) is 4.41. The third-order valence-electron chi connectivity index (χ3n) is 4.59. The van der Waals surface area contributed by atoms with Gasteiger partial charge in [-0.15, -0.1) is 0 Å². The molecule has 6 nitrogen and oxygen atoms in total. The molecule has 3 amide bonds. The van der Waals surface area contributed by atoms with E-state index in [0.717, 1.165) is 24.0 Å². The predicted molar refractivity (Wildman–Crippen MR) is 94.2 cm³/mol. The van der Waals surface area contributed by atoms with Gasteiger partial charge in [0, 0.05) is 25.7 Å². The third-order valence-corrected chi connectivity index (χ3v) is 4.59. The molecule has 0 bridgehead atoms. The normalized spacial score (nSPS) is 15.0. The number of piperidine rings is 1. The summed E-state index contributed by atoms with van der Waals surface area (Å²) in [5, 5.41) is 5.90. The van der Waals surface area contributed by atoms with E-state index in [-0.39, 0.29) is 18.0 Å². The Morgan fingerprint density at radius 2 is 1.96 bits per heavy atom. The van der Waals surface area contributed by atoms with Gasteiger partial charge in [-0.05, 0) is 37.0 Å². The number of furan rings is 1. The lowest BCUT2D eigenvalue weighted by atomic mass is 10.0. The number of aryl methyl sites for hydroxylation is 1. The minimum atomic E-state index is -0.164. The van der Waals surface area contributed by atoms with E-state index in [0.29, 0.717) is 25.2 Å². The van der Waals surface area contributed by atoms with Crippen LogP contribution in [-0.2, 0) is 6.54 Å². The van der Waals surface area contributed by atoms with E-state index in [4.69, 9.17) is 4.42 Å². The van der Waals surface area contributed by atoms with Crippen molar-refractivity contribution in [3.05, 3.63) is 59.5 Å². The van der Waals surface area contributed by atoms with Gasteiger partial charge in [0.15, 0.2) is 0 Å². The van der Waals surface area contributed by atoms with Crippen LogP contribution < -0.4 is 10.6 Å². The van der Waals surface area contributed by atoms with Crippen molar-refractivity contribution in [1.82, 2.24) is 15.5 Å². The summed E-state index contributed by atoms with van der Waals surface area (Å²) in [6, 6.07) is 9.59. The number of nitrogens with zero attached hydrogens (tertiary/aromatic N) is 1. The van der Waals surface area contributed by atoms with Gasteiger partial charge in [0.1, 0.15) is 6.26 Å². The first-order valence-electron chi connectivity index (χ1n) is 8.54. The summed E-state index contributed by atoms with van der Waals surface area (Å²) >= 11 is 0. The van der Waals surface area contributed by atoms with Gasteiger partial charge in [-0.1, -0.05) is 24.3 Å². The second-order valence-corrected chi connectivity index (χ2v) is 6.33. The first-order valence-corrected chi connectivity index (χ1v) is 8.54. The van der Waals surface area contributed by atoms with Gasteiger partial charge in [-0.25, -0.2) is 4.79 Å². The molecule has 6 heteroatoms. The maximum absolute atomic E-state index is 12.2. The number of carbonyl (C=O) groups is 2. The molecule has 0 spiro atoms. The zero-order chi connectivity index (χ0) is 17.6. The van der Waals surface area contributed by atoms with Crippen LogP contribution in [0.15, 0.2) is 47.3 Å². The van der Waals surface area contributed by atoms with E-state index in [9.17, 15) is 9.59 Å². The highest BCUT2D eigenvalue weighted by Gasteiger charge is 2.25. The monoisotopic (exact) mass is 341 g/mol. The maximum atomic E-state index is 12.2. The molecule has 1 fully saturated rings. The minimum Gasteiger partial charge on any atom is -0.472 e. The van der Waals surface area contributed by atoms with E-state index < -0.39 is 0 Å².